The van der Waals surface area contributed by atoms with Gasteiger partial charge in [-0.1, -0.05) is 13.8 Å². The number of imidazole rings is 1. The molecule has 1 aromatic rings. The second-order valence-electron chi connectivity index (χ2n) is 4.77. The van der Waals surface area contributed by atoms with Crippen LogP contribution in [0.2, 0.25) is 0 Å². The van der Waals surface area contributed by atoms with E-state index in [4.69, 9.17) is 10.8 Å². The first kappa shape index (κ1) is 15.2. The molecule has 0 aliphatic rings. The maximum absolute atomic E-state index is 12.0. The van der Waals surface area contributed by atoms with Crippen LogP contribution in [0.15, 0.2) is 12.5 Å². The zero-order valence-corrected chi connectivity index (χ0v) is 11.1. The average Bonchev–Trinajstić information content (AvgIpc) is 2.81. The Morgan fingerprint density at radius 2 is 2.21 bits per heavy atom. The van der Waals surface area contributed by atoms with Gasteiger partial charge < -0.3 is 21.1 Å². The predicted molar refractivity (Wildman–Crippen MR) is 69.2 cm³/mol. The molecule has 0 saturated carbocycles. The summed E-state index contributed by atoms with van der Waals surface area (Å²) in [4.78, 5) is 29.8. The number of nitrogens with two attached hydrogens (primary N) is 1. The third kappa shape index (κ3) is 4.36. The largest absolute Gasteiger partial charge is 0.480 e. The molecule has 0 aliphatic heterocycles. The Hall–Kier alpha value is -1.89. The lowest BCUT2D eigenvalue weighted by Crippen LogP contribution is -2.47. The van der Waals surface area contributed by atoms with Gasteiger partial charge in [-0.05, 0) is 5.92 Å². The summed E-state index contributed by atoms with van der Waals surface area (Å²) in [7, 11) is 0. The van der Waals surface area contributed by atoms with Crippen LogP contribution in [0.25, 0.3) is 0 Å². The van der Waals surface area contributed by atoms with Crippen molar-refractivity contribution in [2.45, 2.75) is 26.3 Å². The van der Waals surface area contributed by atoms with E-state index in [1.54, 1.807) is 0 Å². The topological polar surface area (TPSA) is 121 Å². The molecule has 0 saturated heterocycles. The Morgan fingerprint density at radius 1 is 1.53 bits per heavy atom. The van der Waals surface area contributed by atoms with Crippen molar-refractivity contribution in [1.82, 2.24) is 15.3 Å². The van der Waals surface area contributed by atoms with Gasteiger partial charge in [0.05, 0.1) is 12.2 Å². The molecule has 1 rings (SSSR count). The number of nitrogens with one attached hydrogen (secondary N) is 2. The van der Waals surface area contributed by atoms with Crippen molar-refractivity contribution in [2.75, 3.05) is 6.54 Å². The van der Waals surface area contributed by atoms with E-state index in [2.05, 4.69) is 15.3 Å². The summed E-state index contributed by atoms with van der Waals surface area (Å²) in [5.74, 6) is -1.73. The molecule has 7 nitrogen and oxygen atoms in total. The lowest BCUT2D eigenvalue weighted by Gasteiger charge is -2.21. The van der Waals surface area contributed by atoms with E-state index in [1.807, 2.05) is 13.8 Å². The van der Waals surface area contributed by atoms with Gasteiger partial charge >= 0.3 is 5.97 Å². The maximum Gasteiger partial charge on any atom is 0.326 e. The van der Waals surface area contributed by atoms with Crippen LogP contribution >= 0.6 is 0 Å². The molecule has 1 aromatic heterocycles. The predicted octanol–water partition coefficient (Wildman–Crippen LogP) is -0.247. The van der Waals surface area contributed by atoms with Crippen molar-refractivity contribution in [3.05, 3.63) is 18.2 Å². The highest BCUT2D eigenvalue weighted by molar-refractivity contribution is 5.85. The second-order valence-corrected chi connectivity index (χ2v) is 4.77. The first-order chi connectivity index (χ1) is 8.95. The highest BCUT2D eigenvalue weighted by atomic mass is 16.4. The van der Waals surface area contributed by atoms with E-state index in [9.17, 15) is 9.59 Å². The van der Waals surface area contributed by atoms with Crippen molar-refractivity contribution < 1.29 is 14.7 Å². The van der Waals surface area contributed by atoms with Gasteiger partial charge in [-0.3, -0.25) is 4.79 Å². The lowest BCUT2D eigenvalue weighted by molar-refractivity contribution is -0.142. The number of hydrogen-bond acceptors (Lipinski definition) is 4. The lowest BCUT2D eigenvalue weighted by atomic mass is 9.94. The second kappa shape index (κ2) is 6.89. The first-order valence-corrected chi connectivity index (χ1v) is 6.16. The molecule has 106 valence electrons. The summed E-state index contributed by atoms with van der Waals surface area (Å²) in [5, 5.41) is 11.7. The number of hydrogen-bond donors (Lipinski definition) is 4. The van der Waals surface area contributed by atoms with Crippen LogP contribution in [0.4, 0.5) is 0 Å². The number of carbonyl (C=O) groups excluding carboxylic acids is 1. The van der Waals surface area contributed by atoms with E-state index < -0.39 is 12.0 Å². The Balaban J connectivity index is 2.68. The summed E-state index contributed by atoms with van der Waals surface area (Å²) in [6, 6.07) is -0.985. The van der Waals surface area contributed by atoms with E-state index in [1.165, 1.54) is 12.5 Å². The van der Waals surface area contributed by atoms with E-state index in [-0.39, 0.29) is 30.7 Å². The fourth-order valence-electron chi connectivity index (χ4n) is 1.78. The normalized spacial score (nSPS) is 14.1. The molecule has 0 aromatic carbocycles. The molecular weight excluding hydrogens is 248 g/mol. The fourth-order valence-corrected chi connectivity index (χ4v) is 1.78. The molecule has 0 spiro atoms. The Labute approximate surface area is 111 Å². The quantitative estimate of drug-likeness (QED) is 0.543. The number of aromatic amines is 1. The molecule has 7 heteroatoms. The number of nitrogens with zero attached hydrogens (tertiary/aromatic N) is 1. The van der Waals surface area contributed by atoms with Gasteiger partial charge in [0.2, 0.25) is 5.91 Å². The number of carbonyl (C=O) groups is 2. The zero-order chi connectivity index (χ0) is 14.4. The molecule has 0 fully saturated rings. The monoisotopic (exact) mass is 268 g/mol. The summed E-state index contributed by atoms with van der Waals surface area (Å²) < 4.78 is 0. The Morgan fingerprint density at radius 3 is 2.63 bits per heavy atom. The van der Waals surface area contributed by atoms with Crippen LogP contribution < -0.4 is 11.1 Å². The number of carboxylic acids is 1. The van der Waals surface area contributed by atoms with Crippen molar-refractivity contribution >= 4 is 11.9 Å². The van der Waals surface area contributed by atoms with Crippen LogP contribution in [0.3, 0.4) is 0 Å². The minimum Gasteiger partial charge on any atom is -0.480 e. The summed E-state index contributed by atoms with van der Waals surface area (Å²) in [6.45, 7) is 3.95. The molecule has 0 bridgehead atoms. The zero-order valence-electron chi connectivity index (χ0n) is 11.1. The van der Waals surface area contributed by atoms with Crippen molar-refractivity contribution in [3.63, 3.8) is 0 Å². The van der Waals surface area contributed by atoms with E-state index >= 15 is 0 Å². The van der Waals surface area contributed by atoms with Crippen LogP contribution in [0.5, 0.6) is 0 Å². The number of amides is 1. The van der Waals surface area contributed by atoms with Crippen LogP contribution in [-0.4, -0.2) is 39.5 Å². The maximum atomic E-state index is 12.0. The first-order valence-electron chi connectivity index (χ1n) is 6.16. The highest BCUT2D eigenvalue weighted by Crippen LogP contribution is 2.10. The molecule has 1 heterocycles. The van der Waals surface area contributed by atoms with Crippen molar-refractivity contribution in [3.8, 4) is 0 Å². The van der Waals surface area contributed by atoms with Crippen molar-refractivity contribution in [2.24, 2.45) is 17.6 Å². The SMILES string of the molecule is CC(C)C(CN)C(=O)N[C@@H](Cc1cnc[nH]1)C(=O)O. The van der Waals surface area contributed by atoms with E-state index in [0.717, 1.165) is 0 Å². The number of aromatic nitrogens is 2. The van der Waals surface area contributed by atoms with Gasteiger partial charge in [-0.2, -0.15) is 0 Å². The van der Waals surface area contributed by atoms with Crippen LogP contribution in [0.1, 0.15) is 19.5 Å². The number of carboxylic acid groups (broad SMARTS) is 1. The van der Waals surface area contributed by atoms with Gasteiger partial charge in [0, 0.05) is 24.9 Å². The standard InChI is InChI=1S/C12H20N4O3/c1-7(2)9(4-13)11(17)16-10(12(18)19)3-8-5-14-6-15-8/h5-7,9-10H,3-4,13H2,1-2H3,(H,14,15)(H,16,17)(H,18,19)/t9?,10-/m0/s1. The molecule has 5 N–H and O–H groups in total. The third-order valence-electron chi connectivity index (χ3n) is 2.99. The summed E-state index contributed by atoms with van der Waals surface area (Å²) >= 11 is 0. The van der Waals surface area contributed by atoms with Gasteiger partial charge in [-0.15, -0.1) is 0 Å². The number of H-pyrrole nitrogens is 1. The molecule has 0 aliphatic carbocycles. The third-order valence-corrected chi connectivity index (χ3v) is 2.99. The molecule has 1 unspecified atom stereocenters. The average molecular weight is 268 g/mol. The van der Waals surface area contributed by atoms with Gasteiger partial charge in [0.15, 0.2) is 0 Å². The molecule has 1 amide bonds. The minimum atomic E-state index is -1.08. The smallest absolute Gasteiger partial charge is 0.326 e. The Kier molecular flexibility index (Phi) is 5.50. The van der Waals surface area contributed by atoms with Crippen LogP contribution in [-0.2, 0) is 16.0 Å². The van der Waals surface area contributed by atoms with Gasteiger partial charge in [0.25, 0.3) is 0 Å². The molecule has 19 heavy (non-hydrogen) atoms. The molecule has 2 atom stereocenters. The highest BCUT2D eigenvalue weighted by Gasteiger charge is 2.26. The van der Waals surface area contributed by atoms with Gasteiger partial charge in [-0.25, -0.2) is 9.78 Å². The van der Waals surface area contributed by atoms with Gasteiger partial charge in [0.1, 0.15) is 6.04 Å². The van der Waals surface area contributed by atoms with Crippen molar-refractivity contribution in [1.29, 1.82) is 0 Å². The molecular formula is C12H20N4O3. The van der Waals surface area contributed by atoms with Crippen LogP contribution in [0, 0.1) is 11.8 Å². The summed E-state index contributed by atoms with van der Waals surface area (Å²) in [6.07, 6.45) is 3.16. The fraction of sp³-hybridized carbons (Fsp3) is 0.583. The number of rotatable bonds is 7. The Bertz CT molecular complexity index is 417. The minimum absolute atomic E-state index is 0.0617. The van der Waals surface area contributed by atoms with E-state index in [0.29, 0.717) is 5.69 Å². The number of aliphatic carboxylic acids is 1. The summed E-state index contributed by atoms with van der Waals surface area (Å²) in [5.41, 5.74) is 6.19. The molecule has 0 radical (unpaired) electrons.